The molecule has 0 aliphatic heterocycles. The van der Waals surface area contributed by atoms with E-state index in [1.54, 1.807) is 0 Å². The van der Waals surface area contributed by atoms with E-state index in [2.05, 4.69) is 127 Å². The SMILES string of the molecule is c1ccc(-c2cc(-c3nc(-c4ccc5ccccc5c4)nc(-c4cccc5oc6ccccc6c45)n3)c3oc4cc5ccccc5cc4c3c2)cc1. The van der Waals surface area contributed by atoms with Crippen molar-refractivity contribution in [2.45, 2.75) is 0 Å². The number of benzene rings is 8. The number of nitrogens with zero attached hydrogens (tertiary/aromatic N) is 3. The highest BCUT2D eigenvalue weighted by molar-refractivity contribution is 6.15. The third kappa shape index (κ3) is 4.53. The summed E-state index contributed by atoms with van der Waals surface area (Å²) in [6, 6.07) is 56.4. The average molecular weight is 666 g/mol. The topological polar surface area (TPSA) is 65.0 Å². The molecule has 11 aromatic rings. The zero-order valence-corrected chi connectivity index (χ0v) is 27.7. The summed E-state index contributed by atoms with van der Waals surface area (Å²) in [6.07, 6.45) is 0. The van der Waals surface area contributed by atoms with Gasteiger partial charge in [-0.05, 0) is 75.1 Å². The smallest absolute Gasteiger partial charge is 0.167 e. The monoisotopic (exact) mass is 665 g/mol. The van der Waals surface area contributed by atoms with E-state index in [0.717, 1.165) is 93.2 Å². The molecule has 0 unspecified atom stereocenters. The molecule has 0 atom stereocenters. The van der Waals surface area contributed by atoms with Gasteiger partial charge < -0.3 is 8.83 Å². The van der Waals surface area contributed by atoms with Gasteiger partial charge in [-0.2, -0.15) is 0 Å². The Labute approximate surface area is 297 Å². The second-order valence-corrected chi connectivity index (χ2v) is 13.2. The third-order valence-electron chi connectivity index (χ3n) is 10.1. The van der Waals surface area contributed by atoms with Crippen LogP contribution in [0.2, 0.25) is 0 Å². The van der Waals surface area contributed by atoms with E-state index in [1.807, 2.05) is 36.4 Å². The molecule has 0 bridgehead atoms. The Bertz CT molecular complexity index is 3190. The van der Waals surface area contributed by atoms with Crippen molar-refractivity contribution in [2.75, 3.05) is 0 Å². The molecule has 3 aromatic heterocycles. The molecule has 0 saturated carbocycles. The van der Waals surface area contributed by atoms with Crippen LogP contribution < -0.4 is 0 Å². The molecule has 0 radical (unpaired) electrons. The largest absolute Gasteiger partial charge is 0.456 e. The molecule has 5 heteroatoms. The Hall–Kier alpha value is -7.11. The highest BCUT2D eigenvalue weighted by Crippen LogP contribution is 2.42. The van der Waals surface area contributed by atoms with E-state index in [0.29, 0.717) is 17.5 Å². The van der Waals surface area contributed by atoms with Gasteiger partial charge in [-0.3, -0.25) is 0 Å². The maximum Gasteiger partial charge on any atom is 0.167 e. The lowest BCUT2D eigenvalue weighted by Crippen LogP contribution is -2.01. The molecule has 3 heterocycles. The maximum absolute atomic E-state index is 6.79. The lowest BCUT2D eigenvalue weighted by molar-refractivity contribution is 0.669. The van der Waals surface area contributed by atoms with E-state index in [4.69, 9.17) is 23.8 Å². The van der Waals surface area contributed by atoms with Gasteiger partial charge in [0.1, 0.15) is 22.3 Å². The van der Waals surface area contributed by atoms with Crippen molar-refractivity contribution in [2.24, 2.45) is 0 Å². The molecular weight excluding hydrogens is 639 g/mol. The van der Waals surface area contributed by atoms with Crippen molar-refractivity contribution in [3.63, 3.8) is 0 Å². The predicted molar refractivity (Wildman–Crippen MR) is 211 cm³/mol. The van der Waals surface area contributed by atoms with Crippen molar-refractivity contribution in [1.29, 1.82) is 0 Å². The predicted octanol–water partition coefficient (Wildman–Crippen LogP) is 12.6. The lowest BCUT2D eigenvalue weighted by atomic mass is 9.98. The quantitative estimate of drug-likeness (QED) is 0.187. The summed E-state index contributed by atoms with van der Waals surface area (Å²) in [7, 11) is 0. The second kappa shape index (κ2) is 11.2. The minimum absolute atomic E-state index is 0.532. The van der Waals surface area contributed by atoms with Crippen LogP contribution in [0.3, 0.4) is 0 Å². The van der Waals surface area contributed by atoms with Crippen molar-refractivity contribution in [1.82, 2.24) is 15.0 Å². The number of fused-ring (bicyclic) bond motifs is 8. The van der Waals surface area contributed by atoms with Crippen LogP contribution in [-0.4, -0.2) is 15.0 Å². The summed E-state index contributed by atoms with van der Waals surface area (Å²) in [6.45, 7) is 0. The van der Waals surface area contributed by atoms with E-state index in [1.165, 1.54) is 0 Å². The fraction of sp³-hybridized carbons (Fsp3) is 0. The van der Waals surface area contributed by atoms with Gasteiger partial charge in [0.2, 0.25) is 0 Å². The van der Waals surface area contributed by atoms with Crippen molar-refractivity contribution in [3.8, 4) is 45.3 Å². The fourth-order valence-corrected chi connectivity index (χ4v) is 7.56. The Balaban J connectivity index is 1.24. The lowest BCUT2D eigenvalue weighted by Gasteiger charge is -2.11. The van der Waals surface area contributed by atoms with Crippen LogP contribution in [0.25, 0.3) is 111 Å². The zero-order chi connectivity index (χ0) is 34.2. The van der Waals surface area contributed by atoms with E-state index < -0.39 is 0 Å². The Kier molecular flexibility index (Phi) is 6.18. The second-order valence-electron chi connectivity index (χ2n) is 13.2. The van der Waals surface area contributed by atoms with Gasteiger partial charge in [-0.15, -0.1) is 0 Å². The Morgan fingerprint density at radius 2 is 1.00 bits per heavy atom. The van der Waals surface area contributed by atoms with Gasteiger partial charge in [0.05, 0.1) is 5.56 Å². The molecule has 11 rings (SSSR count). The van der Waals surface area contributed by atoms with Crippen LogP contribution in [0.5, 0.6) is 0 Å². The summed E-state index contributed by atoms with van der Waals surface area (Å²) < 4.78 is 13.1. The van der Waals surface area contributed by atoms with Crippen molar-refractivity contribution >= 4 is 65.4 Å². The van der Waals surface area contributed by atoms with Gasteiger partial charge in [0, 0.05) is 32.7 Å². The molecule has 52 heavy (non-hydrogen) atoms. The van der Waals surface area contributed by atoms with Gasteiger partial charge >= 0.3 is 0 Å². The summed E-state index contributed by atoms with van der Waals surface area (Å²) in [5, 5.41) is 8.59. The van der Waals surface area contributed by atoms with Crippen LogP contribution >= 0.6 is 0 Å². The number of rotatable bonds is 4. The number of para-hydroxylation sites is 1. The normalized spacial score (nSPS) is 11.8. The average Bonchev–Trinajstić information content (AvgIpc) is 3.77. The van der Waals surface area contributed by atoms with Gasteiger partial charge in [-0.25, -0.2) is 15.0 Å². The minimum atomic E-state index is 0.532. The highest BCUT2D eigenvalue weighted by atomic mass is 16.3. The zero-order valence-electron chi connectivity index (χ0n) is 27.7. The van der Waals surface area contributed by atoms with Crippen molar-refractivity contribution < 1.29 is 8.83 Å². The molecule has 0 saturated heterocycles. The molecule has 0 N–H and O–H groups in total. The first-order valence-electron chi connectivity index (χ1n) is 17.3. The van der Waals surface area contributed by atoms with E-state index >= 15 is 0 Å². The molecule has 0 aliphatic rings. The fourth-order valence-electron chi connectivity index (χ4n) is 7.56. The van der Waals surface area contributed by atoms with Crippen LogP contribution in [-0.2, 0) is 0 Å². The van der Waals surface area contributed by atoms with Crippen LogP contribution in [0.15, 0.2) is 173 Å². The van der Waals surface area contributed by atoms with E-state index in [-0.39, 0.29) is 0 Å². The standard InChI is InChI=1S/C47H27N3O2/c1-2-11-28(12-3-1)34-25-38-37-24-31-15-6-7-16-32(31)27-42(37)52-44(38)39(26-34)47-49-45(33-22-21-29-13-4-5-14-30(29)23-33)48-46(50-47)36-18-10-20-41-43(36)35-17-8-9-19-40(35)51-41/h1-27H. The Morgan fingerprint density at radius 1 is 0.327 bits per heavy atom. The summed E-state index contributed by atoms with van der Waals surface area (Å²) in [5.74, 6) is 1.67. The molecule has 242 valence electrons. The van der Waals surface area contributed by atoms with Crippen LogP contribution in [0.1, 0.15) is 0 Å². The number of furan rings is 2. The summed E-state index contributed by atoms with van der Waals surface area (Å²) in [4.78, 5) is 15.7. The van der Waals surface area contributed by atoms with Crippen LogP contribution in [0.4, 0.5) is 0 Å². The Morgan fingerprint density at radius 3 is 1.85 bits per heavy atom. The summed E-state index contributed by atoms with van der Waals surface area (Å²) >= 11 is 0. The first kappa shape index (κ1) is 28.7. The van der Waals surface area contributed by atoms with Gasteiger partial charge in [-0.1, -0.05) is 121 Å². The first-order valence-corrected chi connectivity index (χ1v) is 17.3. The minimum Gasteiger partial charge on any atom is -0.456 e. The molecule has 0 spiro atoms. The molecule has 0 fully saturated rings. The van der Waals surface area contributed by atoms with E-state index in [9.17, 15) is 0 Å². The highest BCUT2D eigenvalue weighted by Gasteiger charge is 2.22. The number of hydrogen-bond donors (Lipinski definition) is 0. The molecule has 5 nitrogen and oxygen atoms in total. The third-order valence-corrected chi connectivity index (χ3v) is 10.1. The first-order chi connectivity index (χ1) is 25.7. The maximum atomic E-state index is 6.79. The molecule has 8 aromatic carbocycles. The van der Waals surface area contributed by atoms with Gasteiger partial charge in [0.15, 0.2) is 17.5 Å². The number of aromatic nitrogens is 3. The van der Waals surface area contributed by atoms with Crippen molar-refractivity contribution in [3.05, 3.63) is 164 Å². The number of hydrogen-bond acceptors (Lipinski definition) is 5. The summed E-state index contributed by atoms with van der Waals surface area (Å²) in [5.41, 5.74) is 7.88. The van der Waals surface area contributed by atoms with Crippen LogP contribution in [0, 0.1) is 0 Å². The molecular formula is C47H27N3O2. The molecule has 0 amide bonds. The molecule has 0 aliphatic carbocycles. The van der Waals surface area contributed by atoms with Gasteiger partial charge in [0.25, 0.3) is 0 Å².